The maximum Gasteiger partial charge on any atom is 0.351 e. The van der Waals surface area contributed by atoms with Crippen LogP contribution in [0.5, 0.6) is 0 Å². The third-order valence-electron chi connectivity index (χ3n) is 6.21. The third-order valence-corrected chi connectivity index (χ3v) is 6.21. The van der Waals surface area contributed by atoms with Gasteiger partial charge in [-0.2, -0.15) is 0 Å². The van der Waals surface area contributed by atoms with Crippen molar-refractivity contribution in [2.75, 3.05) is 7.11 Å². The first-order chi connectivity index (χ1) is 11.6. The summed E-state index contributed by atoms with van der Waals surface area (Å²) in [6.45, 7) is 0. The van der Waals surface area contributed by atoms with Gasteiger partial charge < -0.3 is 9.47 Å². The zero-order valence-electron chi connectivity index (χ0n) is 14.1. The number of methoxy groups -OCH3 is 1. The average Bonchev–Trinajstić information content (AvgIpc) is 2.58. The van der Waals surface area contributed by atoms with Crippen LogP contribution in [0.25, 0.3) is 0 Å². The smallest absolute Gasteiger partial charge is 0.351 e. The van der Waals surface area contributed by atoms with Gasteiger partial charge in [0, 0.05) is 5.56 Å². The Bertz CT molecular complexity index is 601. The van der Waals surface area contributed by atoms with Crippen LogP contribution in [0, 0.1) is 23.2 Å². The van der Waals surface area contributed by atoms with E-state index in [1.807, 2.05) is 18.2 Å². The maximum absolute atomic E-state index is 13.1. The summed E-state index contributed by atoms with van der Waals surface area (Å²) in [5.41, 5.74) is 0.304. The zero-order chi connectivity index (χ0) is 16.7. The van der Waals surface area contributed by atoms with Crippen molar-refractivity contribution in [3.63, 3.8) is 0 Å². The molecule has 4 aliphatic rings. The minimum absolute atomic E-state index is 0.194. The van der Waals surface area contributed by atoms with E-state index < -0.39 is 12.1 Å². The first-order valence-electron chi connectivity index (χ1n) is 8.93. The largest absolute Gasteiger partial charge is 0.466 e. The summed E-state index contributed by atoms with van der Waals surface area (Å²) >= 11 is 0. The fourth-order valence-corrected chi connectivity index (χ4v) is 5.58. The Morgan fingerprint density at radius 3 is 2.04 bits per heavy atom. The second kappa shape index (κ2) is 5.91. The topological polar surface area (TPSA) is 52.6 Å². The molecule has 0 amide bonds. The Labute approximate surface area is 142 Å². The van der Waals surface area contributed by atoms with E-state index in [9.17, 15) is 9.59 Å². The van der Waals surface area contributed by atoms with Crippen LogP contribution in [0.1, 0.15) is 50.2 Å². The highest BCUT2D eigenvalue weighted by atomic mass is 16.6. The molecule has 4 bridgehead atoms. The van der Waals surface area contributed by atoms with Crippen molar-refractivity contribution < 1.29 is 19.1 Å². The molecule has 0 aromatic heterocycles. The Morgan fingerprint density at radius 1 is 1.00 bits per heavy atom. The number of hydrogen-bond donors (Lipinski definition) is 0. The van der Waals surface area contributed by atoms with Crippen molar-refractivity contribution >= 4 is 11.9 Å². The van der Waals surface area contributed by atoms with Gasteiger partial charge in [0.25, 0.3) is 0 Å². The monoisotopic (exact) mass is 328 g/mol. The van der Waals surface area contributed by atoms with Crippen molar-refractivity contribution in [3.05, 3.63) is 35.9 Å². The molecular formula is C20H24O4. The molecule has 0 radical (unpaired) electrons. The van der Waals surface area contributed by atoms with Gasteiger partial charge in [0.2, 0.25) is 6.10 Å². The zero-order valence-corrected chi connectivity index (χ0v) is 14.1. The van der Waals surface area contributed by atoms with Crippen molar-refractivity contribution in [1.82, 2.24) is 0 Å². The van der Waals surface area contributed by atoms with Gasteiger partial charge in [-0.05, 0) is 56.3 Å². The SMILES string of the molecule is COC(=O)C(OC(=O)C12CC3CC(CC(C3)C1)C2)c1ccccc1. The van der Waals surface area contributed by atoms with Crippen molar-refractivity contribution in [2.24, 2.45) is 23.2 Å². The number of rotatable bonds is 4. The molecule has 1 unspecified atom stereocenters. The molecular weight excluding hydrogens is 304 g/mol. The van der Waals surface area contributed by atoms with Crippen molar-refractivity contribution in [2.45, 2.75) is 44.6 Å². The minimum atomic E-state index is -0.961. The molecule has 128 valence electrons. The summed E-state index contributed by atoms with van der Waals surface area (Å²) < 4.78 is 10.6. The lowest BCUT2D eigenvalue weighted by molar-refractivity contribution is -0.184. The number of hydrogen-bond acceptors (Lipinski definition) is 4. The van der Waals surface area contributed by atoms with Gasteiger partial charge in [0.15, 0.2) is 0 Å². The molecule has 1 aromatic carbocycles. The lowest BCUT2D eigenvalue weighted by atomic mass is 9.49. The molecule has 4 nitrogen and oxygen atoms in total. The van der Waals surface area contributed by atoms with E-state index >= 15 is 0 Å². The highest BCUT2D eigenvalue weighted by Crippen LogP contribution is 2.60. The average molecular weight is 328 g/mol. The quantitative estimate of drug-likeness (QED) is 0.792. The number of esters is 2. The number of ether oxygens (including phenoxy) is 2. The molecule has 24 heavy (non-hydrogen) atoms. The summed E-state index contributed by atoms with van der Waals surface area (Å²) in [7, 11) is 1.33. The summed E-state index contributed by atoms with van der Waals surface area (Å²) in [5, 5.41) is 0. The molecule has 4 heteroatoms. The molecule has 0 saturated heterocycles. The molecule has 0 heterocycles. The van der Waals surface area contributed by atoms with E-state index in [0.29, 0.717) is 23.3 Å². The van der Waals surface area contributed by atoms with Gasteiger partial charge in [-0.25, -0.2) is 4.79 Å². The van der Waals surface area contributed by atoms with Crippen LogP contribution in [-0.2, 0) is 19.1 Å². The van der Waals surface area contributed by atoms with Crippen LogP contribution in [0.2, 0.25) is 0 Å². The van der Waals surface area contributed by atoms with E-state index in [2.05, 4.69) is 0 Å². The second-order valence-corrected chi connectivity index (χ2v) is 7.92. The summed E-state index contributed by atoms with van der Waals surface area (Å²) in [6.07, 6.45) is 5.64. The summed E-state index contributed by atoms with van der Waals surface area (Å²) in [5.74, 6) is 1.28. The van der Waals surface area contributed by atoms with E-state index in [0.717, 1.165) is 19.3 Å². The predicted octanol–water partition coefficient (Wildman–Crippen LogP) is 3.66. The van der Waals surface area contributed by atoms with Gasteiger partial charge >= 0.3 is 11.9 Å². The Kier molecular flexibility index (Phi) is 3.86. The van der Waals surface area contributed by atoms with Crippen LogP contribution in [0.4, 0.5) is 0 Å². The molecule has 4 saturated carbocycles. The first kappa shape index (κ1) is 15.7. The van der Waals surface area contributed by atoms with Crippen molar-refractivity contribution in [1.29, 1.82) is 0 Å². The molecule has 1 aromatic rings. The van der Waals surface area contributed by atoms with Crippen LogP contribution in [0.15, 0.2) is 30.3 Å². The summed E-state index contributed by atoms with van der Waals surface area (Å²) in [6, 6.07) is 9.15. The van der Waals surface area contributed by atoms with Gasteiger partial charge in [-0.15, -0.1) is 0 Å². The fraction of sp³-hybridized carbons (Fsp3) is 0.600. The predicted molar refractivity (Wildman–Crippen MR) is 87.9 cm³/mol. The van der Waals surface area contributed by atoms with E-state index in [1.54, 1.807) is 12.1 Å². The lowest BCUT2D eigenvalue weighted by Crippen LogP contribution is -2.51. The van der Waals surface area contributed by atoms with Crippen LogP contribution in [-0.4, -0.2) is 19.0 Å². The van der Waals surface area contributed by atoms with Crippen molar-refractivity contribution in [3.8, 4) is 0 Å². The standard InChI is InChI=1S/C20H24O4/c1-23-18(21)17(16-5-3-2-4-6-16)24-19(22)20-10-13-7-14(11-20)9-15(8-13)12-20/h2-6,13-15,17H,7-12H2,1H3. The lowest BCUT2D eigenvalue weighted by Gasteiger charge is -2.55. The van der Waals surface area contributed by atoms with Crippen LogP contribution < -0.4 is 0 Å². The van der Waals surface area contributed by atoms with Gasteiger partial charge in [-0.3, -0.25) is 4.79 Å². The van der Waals surface area contributed by atoms with E-state index in [1.165, 1.54) is 26.4 Å². The van der Waals surface area contributed by atoms with Gasteiger partial charge in [0.1, 0.15) is 0 Å². The number of carbonyl (C=O) groups is 2. The number of benzene rings is 1. The van der Waals surface area contributed by atoms with Crippen LogP contribution in [0.3, 0.4) is 0 Å². The molecule has 5 rings (SSSR count). The normalized spacial score (nSPS) is 34.6. The third kappa shape index (κ3) is 2.62. The van der Waals surface area contributed by atoms with Gasteiger partial charge in [0.05, 0.1) is 12.5 Å². The van der Waals surface area contributed by atoms with E-state index in [4.69, 9.17) is 9.47 Å². The molecule has 0 spiro atoms. The van der Waals surface area contributed by atoms with Crippen LogP contribution >= 0.6 is 0 Å². The maximum atomic E-state index is 13.1. The Balaban J connectivity index is 1.56. The Hall–Kier alpha value is -1.84. The molecule has 4 fully saturated rings. The van der Waals surface area contributed by atoms with E-state index in [-0.39, 0.29) is 11.4 Å². The second-order valence-electron chi connectivity index (χ2n) is 7.92. The number of carbonyl (C=O) groups excluding carboxylic acids is 2. The van der Waals surface area contributed by atoms with Gasteiger partial charge in [-0.1, -0.05) is 30.3 Å². The highest BCUT2D eigenvalue weighted by molar-refractivity contribution is 5.83. The molecule has 1 atom stereocenters. The highest BCUT2D eigenvalue weighted by Gasteiger charge is 2.56. The summed E-state index contributed by atoms with van der Waals surface area (Å²) in [4.78, 5) is 25.2. The minimum Gasteiger partial charge on any atom is -0.466 e. The molecule has 0 aliphatic heterocycles. The molecule has 4 aliphatic carbocycles. The fourth-order valence-electron chi connectivity index (χ4n) is 5.58. The first-order valence-corrected chi connectivity index (χ1v) is 8.93. The molecule has 0 N–H and O–H groups in total. The Morgan fingerprint density at radius 2 is 1.54 bits per heavy atom.